The van der Waals surface area contributed by atoms with Gasteiger partial charge in [0.15, 0.2) is 0 Å². The van der Waals surface area contributed by atoms with Crippen molar-refractivity contribution in [3.8, 4) is 5.75 Å². The number of para-hydroxylation sites is 1. The van der Waals surface area contributed by atoms with E-state index in [1.54, 1.807) is 30.3 Å². The molecule has 29 heavy (non-hydrogen) atoms. The van der Waals surface area contributed by atoms with Crippen molar-refractivity contribution in [2.24, 2.45) is 0 Å². The molecule has 6 heteroatoms. The Bertz CT molecular complexity index is 1080. The monoisotopic (exact) mass is 496 g/mol. The fourth-order valence-corrected chi connectivity index (χ4v) is 3.67. The molecule has 5 nitrogen and oxygen atoms in total. The molecule has 0 unspecified atom stereocenters. The average molecular weight is 496 g/mol. The first kappa shape index (κ1) is 19.2. The molecule has 1 heterocycles. The second-order valence-corrected chi connectivity index (χ2v) is 7.59. The van der Waals surface area contributed by atoms with E-state index in [9.17, 15) is 9.59 Å². The van der Waals surface area contributed by atoms with Crippen LogP contribution in [-0.4, -0.2) is 11.9 Å². The van der Waals surface area contributed by atoms with Crippen molar-refractivity contribution in [2.75, 3.05) is 4.90 Å². The maximum absolute atomic E-state index is 12.7. The highest BCUT2D eigenvalue weighted by atomic mass is 127. The third-order valence-corrected chi connectivity index (χ3v) is 5.24. The van der Waals surface area contributed by atoms with Crippen LogP contribution in [-0.2, 0) is 11.4 Å². The Morgan fingerprint density at radius 1 is 0.931 bits per heavy atom. The Morgan fingerprint density at radius 3 is 2.31 bits per heavy atom. The number of nitrogens with zero attached hydrogens (tertiary/aromatic N) is 1. The van der Waals surface area contributed by atoms with Gasteiger partial charge in [-0.25, -0.2) is 9.69 Å². The maximum Gasteiger partial charge on any atom is 0.333 e. The predicted octanol–water partition coefficient (Wildman–Crippen LogP) is 4.97. The summed E-state index contributed by atoms with van der Waals surface area (Å²) in [6.45, 7) is 0.484. The van der Waals surface area contributed by atoms with Crippen molar-refractivity contribution in [3.63, 3.8) is 0 Å². The summed E-state index contributed by atoms with van der Waals surface area (Å²) in [5.74, 6) is 0.393. The van der Waals surface area contributed by atoms with Gasteiger partial charge in [0.2, 0.25) is 0 Å². The summed E-state index contributed by atoms with van der Waals surface area (Å²) in [6.07, 6.45) is 1.67. The van der Waals surface area contributed by atoms with Gasteiger partial charge < -0.3 is 10.1 Å². The van der Waals surface area contributed by atoms with E-state index in [1.807, 2.05) is 54.6 Å². The van der Waals surface area contributed by atoms with Crippen LogP contribution >= 0.6 is 22.6 Å². The molecule has 0 radical (unpaired) electrons. The summed E-state index contributed by atoms with van der Waals surface area (Å²) < 4.78 is 6.81. The average Bonchev–Trinajstić information content (AvgIpc) is 3.02. The largest absolute Gasteiger partial charge is 0.488 e. The normalized spacial score (nSPS) is 14.9. The Labute approximate surface area is 182 Å². The van der Waals surface area contributed by atoms with Crippen molar-refractivity contribution in [1.82, 2.24) is 5.32 Å². The number of amides is 3. The van der Waals surface area contributed by atoms with Crippen molar-refractivity contribution in [1.29, 1.82) is 0 Å². The topological polar surface area (TPSA) is 58.6 Å². The summed E-state index contributed by atoms with van der Waals surface area (Å²) in [5.41, 5.74) is 2.68. The third kappa shape index (κ3) is 4.32. The molecule has 0 atom stereocenters. The Hall–Kier alpha value is -3.13. The van der Waals surface area contributed by atoms with Crippen LogP contribution in [0.5, 0.6) is 5.75 Å². The highest BCUT2D eigenvalue weighted by molar-refractivity contribution is 14.1. The van der Waals surface area contributed by atoms with E-state index in [-0.39, 0.29) is 11.6 Å². The van der Waals surface area contributed by atoms with Gasteiger partial charge in [0.1, 0.15) is 18.1 Å². The van der Waals surface area contributed by atoms with Crippen molar-refractivity contribution >= 4 is 46.3 Å². The molecule has 0 aliphatic carbocycles. The van der Waals surface area contributed by atoms with Gasteiger partial charge in [0, 0.05) is 0 Å². The van der Waals surface area contributed by atoms with Crippen LogP contribution in [0, 0.1) is 3.57 Å². The second kappa shape index (κ2) is 8.48. The number of ether oxygens (including phenoxy) is 1. The highest BCUT2D eigenvalue weighted by Gasteiger charge is 2.34. The lowest BCUT2D eigenvalue weighted by Gasteiger charge is -2.11. The molecule has 0 aromatic heterocycles. The fraction of sp³-hybridized carbons (Fsp3) is 0.0435. The van der Waals surface area contributed by atoms with E-state index in [1.165, 1.54) is 0 Å². The summed E-state index contributed by atoms with van der Waals surface area (Å²) in [5, 5.41) is 2.65. The minimum atomic E-state index is -0.454. The Morgan fingerprint density at radius 2 is 1.62 bits per heavy atom. The number of hydrogen-bond acceptors (Lipinski definition) is 3. The standard InChI is InChI=1S/C23H17IN2O3/c24-19-13-17(11-12-21(19)29-15-16-7-3-1-4-8-16)14-20-22(27)26(23(28)25-20)18-9-5-2-6-10-18/h1-14H,15H2,(H,25,28)/b20-14+. The van der Waals surface area contributed by atoms with Crippen LogP contribution in [0.3, 0.4) is 0 Å². The molecule has 0 saturated carbocycles. The van der Waals surface area contributed by atoms with Crippen molar-refractivity contribution in [3.05, 3.63) is 99.3 Å². The predicted molar refractivity (Wildman–Crippen MR) is 120 cm³/mol. The number of anilines is 1. The molecule has 0 bridgehead atoms. The van der Waals surface area contributed by atoms with E-state index in [0.717, 1.165) is 25.3 Å². The molecule has 4 rings (SSSR count). The maximum atomic E-state index is 12.7. The zero-order valence-electron chi connectivity index (χ0n) is 15.3. The van der Waals surface area contributed by atoms with Crippen LogP contribution < -0.4 is 15.0 Å². The fourth-order valence-electron chi connectivity index (χ4n) is 2.97. The van der Waals surface area contributed by atoms with Gasteiger partial charge in [-0.15, -0.1) is 0 Å². The number of imide groups is 1. The molecule has 144 valence electrons. The molecule has 1 fully saturated rings. The molecule has 3 aromatic rings. The van der Waals surface area contributed by atoms with E-state index in [2.05, 4.69) is 27.9 Å². The van der Waals surface area contributed by atoms with E-state index >= 15 is 0 Å². The first-order chi connectivity index (χ1) is 14.1. The highest BCUT2D eigenvalue weighted by Crippen LogP contribution is 2.26. The number of hydrogen-bond donors (Lipinski definition) is 1. The molecular formula is C23H17IN2O3. The summed E-state index contributed by atoms with van der Waals surface area (Å²) in [7, 11) is 0. The van der Waals surface area contributed by atoms with Gasteiger partial charge in [-0.05, 0) is 64.1 Å². The Kier molecular flexibility index (Phi) is 5.62. The number of carbonyl (C=O) groups excluding carboxylic acids is 2. The zero-order chi connectivity index (χ0) is 20.2. The number of nitrogens with one attached hydrogen (secondary N) is 1. The number of carbonyl (C=O) groups is 2. The van der Waals surface area contributed by atoms with Crippen molar-refractivity contribution < 1.29 is 14.3 Å². The van der Waals surface area contributed by atoms with Crippen LogP contribution in [0.25, 0.3) is 6.08 Å². The molecule has 1 N–H and O–H groups in total. The SMILES string of the molecule is O=C1N/C(=C/c2ccc(OCc3ccccc3)c(I)c2)C(=O)N1c1ccccc1. The van der Waals surface area contributed by atoms with E-state index in [4.69, 9.17) is 4.74 Å². The van der Waals surface area contributed by atoms with Gasteiger partial charge in [-0.3, -0.25) is 4.79 Å². The van der Waals surface area contributed by atoms with Gasteiger partial charge in [-0.1, -0.05) is 54.6 Å². The number of benzene rings is 3. The third-order valence-electron chi connectivity index (χ3n) is 4.40. The molecule has 1 aliphatic heterocycles. The second-order valence-electron chi connectivity index (χ2n) is 6.43. The number of urea groups is 1. The van der Waals surface area contributed by atoms with Crippen molar-refractivity contribution in [2.45, 2.75) is 6.61 Å². The molecule has 0 spiro atoms. The van der Waals surface area contributed by atoms with Gasteiger partial charge in [-0.2, -0.15) is 0 Å². The van der Waals surface area contributed by atoms with E-state index < -0.39 is 6.03 Å². The first-order valence-electron chi connectivity index (χ1n) is 9.00. The quantitative estimate of drug-likeness (QED) is 0.309. The lowest BCUT2D eigenvalue weighted by Crippen LogP contribution is -2.30. The number of halogens is 1. The lowest BCUT2D eigenvalue weighted by atomic mass is 10.2. The molecule has 3 amide bonds. The summed E-state index contributed by atoms with van der Waals surface area (Å²) >= 11 is 2.20. The minimum Gasteiger partial charge on any atom is -0.488 e. The Balaban J connectivity index is 1.50. The van der Waals surface area contributed by atoms with Crippen LogP contribution in [0.1, 0.15) is 11.1 Å². The summed E-state index contributed by atoms with van der Waals surface area (Å²) in [4.78, 5) is 26.1. The smallest absolute Gasteiger partial charge is 0.333 e. The zero-order valence-corrected chi connectivity index (χ0v) is 17.5. The number of rotatable bonds is 5. The van der Waals surface area contributed by atoms with Crippen LogP contribution in [0.4, 0.5) is 10.5 Å². The molecule has 1 aliphatic rings. The molecule has 1 saturated heterocycles. The van der Waals surface area contributed by atoms with E-state index in [0.29, 0.717) is 12.3 Å². The van der Waals surface area contributed by atoms with Crippen LogP contribution in [0.15, 0.2) is 84.6 Å². The van der Waals surface area contributed by atoms with Gasteiger partial charge >= 0.3 is 6.03 Å². The van der Waals surface area contributed by atoms with Gasteiger partial charge in [0.05, 0.1) is 9.26 Å². The molecule has 3 aromatic carbocycles. The van der Waals surface area contributed by atoms with Crippen LogP contribution in [0.2, 0.25) is 0 Å². The molecular weight excluding hydrogens is 479 g/mol. The van der Waals surface area contributed by atoms with Gasteiger partial charge in [0.25, 0.3) is 5.91 Å². The lowest BCUT2D eigenvalue weighted by molar-refractivity contribution is -0.113. The summed E-state index contributed by atoms with van der Waals surface area (Å²) in [6, 6.07) is 24.0. The minimum absolute atomic E-state index is 0.243. The first-order valence-corrected chi connectivity index (χ1v) is 10.1.